The number of halogens is 1. The van der Waals surface area contributed by atoms with Crippen molar-refractivity contribution >= 4 is 44.5 Å². The van der Waals surface area contributed by atoms with Crippen molar-refractivity contribution in [2.75, 3.05) is 26.8 Å². The molecule has 2 aliphatic rings. The SMILES string of the molecule is COc1ccc([C@@H]2CC(=O)N(CC(=S)c3nc4ccc(F)cc4s3)C2)cc1OC1CCCO1. The number of rotatable bonds is 7. The lowest BCUT2D eigenvalue weighted by Crippen LogP contribution is -2.30. The summed E-state index contributed by atoms with van der Waals surface area (Å²) in [6.45, 7) is 1.58. The van der Waals surface area contributed by atoms with Crippen LogP contribution in [-0.2, 0) is 9.53 Å². The molecule has 3 aromatic rings. The van der Waals surface area contributed by atoms with Gasteiger partial charge in [0.2, 0.25) is 5.91 Å². The predicted octanol–water partition coefficient (Wildman–Crippen LogP) is 4.69. The van der Waals surface area contributed by atoms with Crippen molar-refractivity contribution in [1.29, 1.82) is 0 Å². The van der Waals surface area contributed by atoms with Crippen LogP contribution in [0.25, 0.3) is 10.2 Å². The van der Waals surface area contributed by atoms with E-state index < -0.39 is 0 Å². The van der Waals surface area contributed by atoms with Crippen LogP contribution in [0.2, 0.25) is 0 Å². The molecule has 0 N–H and O–H groups in total. The third-order valence-electron chi connectivity index (χ3n) is 5.94. The number of aromatic nitrogens is 1. The van der Waals surface area contributed by atoms with E-state index in [1.807, 2.05) is 18.2 Å². The summed E-state index contributed by atoms with van der Waals surface area (Å²) in [6.07, 6.45) is 1.95. The van der Waals surface area contributed by atoms with E-state index in [1.165, 1.54) is 23.5 Å². The molecule has 0 spiro atoms. The number of methoxy groups -OCH3 is 1. The van der Waals surface area contributed by atoms with Crippen molar-refractivity contribution in [1.82, 2.24) is 9.88 Å². The van der Waals surface area contributed by atoms with Crippen LogP contribution >= 0.6 is 23.6 Å². The Balaban J connectivity index is 1.29. The second-order valence-corrected chi connectivity index (χ2v) is 9.72. The van der Waals surface area contributed by atoms with Gasteiger partial charge in [0.1, 0.15) is 10.8 Å². The molecule has 33 heavy (non-hydrogen) atoms. The zero-order valence-electron chi connectivity index (χ0n) is 18.1. The van der Waals surface area contributed by atoms with Gasteiger partial charge in [0.25, 0.3) is 0 Å². The molecule has 2 saturated heterocycles. The van der Waals surface area contributed by atoms with Crippen LogP contribution in [0.3, 0.4) is 0 Å². The first-order chi connectivity index (χ1) is 16.0. The smallest absolute Gasteiger partial charge is 0.223 e. The van der Waals surface area contributed by atoms with Gasteiger partial charge in [-0.15, -0.1) is 11.3 Å². The van der Waals surface area contributed by atoms with Gasteiger partial charge in [0, 0.05) is 25.3 Å². The van der Waals surface area contributed by atoms with Crippen LogP contribution in [0.4, 0.5) is 4.39 Å². The normalized spacial score (nSPS) is 20.5. The molecule has 0 aliphatic carbocycles. The lowest BCUT2D eigenvalue weighted by molar-refractivity contribution is -0.127. The third-order valence-corrected chi connectivity index (χ3v) is 7.47. The van der Waals surface area contributed by atoms with E-state index in [2.05, 4.69) is 4.98 Å². The highest BCUT2D eigenvalue weighted by Crippen LogP contribution is 2.36. The van der Waals surface area contributed by atoms with Crippen molar-refractivity contribution in [2.24, 2.45) is 0 Å². The average Bonchev–Trinajstić information content (AvgIpc) is 3.54. The lowest BCUT2D eigenvalue weighted by Gasteiger charge is -2.19. The Morgan fingerprint density at radius 1 is 1.30 bits per heavy atom. The zero-order valence-corrected chi connectivity index (χ0v) is 19.7. The molecule has 0 saturated carbocycles. The number of carbonyl (C=O) groups is 1. The van der Waals surface area contributed by atoms with E-state index in [0.717, 1.165) is 23.1 Å². The quantitative estimate of drug-likeness (QED) is 0.357. The minimum absolute atomic E-state index is 0.0301. The lowest BCUT2D eigenvalue weighted by atomic mass is 9.98. The maximum Gasteiger partial charge on any atom is 0.223 e. The standard InChI is InChI=1S/C24H23FN2O4S2/c1-29-18-7-4-14(9-19(18)31-23-3-2-8-30-23)15-10-22(28)27(12-15)13-20(32)24-26-17-6-5-16(25)11-21(17)33-24/h4-7,9,11,15,23H,2-3,8,10,12-13H2,1H3/t15-,23?/m1/s1. The number of fused-ring (bicyclic) bond motifs is 1. The molecule has 172 valence electrons. The molecule has 1 amide bonds. The molecule has 3 heterocycles. The van der Waals surface area contributed by atoms with E-state index in [0.29, 0.717) is 53.0 Å². The number of likely N-dealkylation sites (tertiary alicyclic amines) is 1. The molecule has 0 bridgehead atoms. The monoisotopic (exact) mass is 486 g/mol. The van der Waals surface area contributed by atoms with Crippen molar-refractivity contribution in [3.8, 4) is 11.5 Å². The number of benzene rings is 2. The topological polar surface area (TPSA) is 60.9 Å². The molecule has 1 aromatic heterocycles. The Hall–Kier alpha value is -2.62. The van der Waals surface area contributed by atoms with Gasteiger partial charge >= 0.3 is 0 Å². The first-order valence-corrected chi connectivity index (χ1v) is 12.1. The molecular formula is C24H23FN2O4S2. The Morgan fingerprint density at radius 3 is 2.97 bits per heavy atom. The van der Waals surface area contributed by atoms with Gasteiger partial charge in [0.15, 0.2) is 17.8 Å². The third kappa shape index (κ3) is 4.71. The van der Waals surface area contributed by atoms with Crippen LogP contribution in [0.15, 0.2) is 36.4 Å². The van der Waals surface area contributed by atoms with E-state index in [1.54, 1.807) is 18.1 Å². The van der Waals surface area contributed by atoms with Crippen molar-refractivity contribution in [3.05, 3.63) is 52.8 Å². The minimum atomic E-state index is -0.302. The number of carbonyl (C=O) groups excluding carboxylic acids is 1. The Morgan fingerprint density at radius 2 is 2.18 bits per heavy atom. The molecule has 1 unspecified atom stereocenters. The average molecular weight is 487 g/mol. The number of thiazole rings is 1. The first-order valence-electron chi connectivity index (χ1n) is 10.8. The summed E-state index contributed by atoms with van der Waals surface area (Å²) in [4.78, 5) is 19.6. The van der Waals surface area contributed by atoms with Gasteiger partial charge in [-0.05, 0) is 42.3 Å². The molecular weight excluding hydrogens is 463 g/mol. The second-order valence-electron chi connectivity index (χ2n) is 8.20. The molecule has 2 aliphatic heterocycles. The van der Waals surface area contributed by atoms with Crippen molar-refractivity contribution in [2.45, 2.75) is 31.5 Å². The fourth-order valence-electron chi connectivity index (χ4n) is 4.23. The minimum Gasteiger partial charge on any atom is -0.493 e. The first kappa shape index (κ1) is 22.2. The molecule has 2 fully saturated rings. The Labute approximate surface area is 200 Å². The van der Waals surface area contributed by atoms with Gasteiger partial charge in [-0.25, -0.2) is 9.37 Å². The fourth-order valence-corrected chi connectivity index (χ4v) is 5.48. The van der Waals surface area contributed by atoms with Crippen LogP contribution in [0.5, 0.6) is 11.5 Å². The summed E-state index contributed by atoms with van der Waals surface area (Å²) in [6, 6.07) is 10.3. The van der Waals surface area contributed by atoms with Crippen LogP contribution < -0.4 is 9.47 Å². The highest BCUT2D eigenvalue weighted by atomic mass is 32.1. The zero-order chi connectivity index (χ0) is 22.9. The van der Waals surface area contributed by atoms with Gasteiger partial charge in [-0.3, -0.25) is 4.79 Å². The summed E-state index contributed by atoms with van der Waals surface area (Å²) in [5.74, 6) is 1.05. The van der Waals surface area contributed by atoms with E-state index >= 15 is 0 Å². The summed E-state index contributed by atoms with van der Waals surface area (Å²) >= 11 is 6.93. The number of ether oxygens (including phenoxy) is 3. The van der Waals surface area contributed by atoms with Gasteiger partial charge in [-0.1, -0.05) is 18.3 Å². The van der Waals surface area contributed by atoms with Crippen LogP contribution in [0, 0.1) is 5.82 Å². The molecule has 9 heteroatoms. The van der Waals surface area contributed by atoms with Crippen molar-refractivity contribution in [3.63, 3.8) is 0 Å². The van der Waals surface area contributed by atoms with Crippen LogP contribution in [0.1, 0.15) is 35.8 Å². The number of amides is 1. The number of nitrogens with zero attached hydrogens (tertiary/aromatic N) is 2. The summed E-state index contributed by atoms with van der Waals surface area (Å²) in [7, 11) is 1.61. The number of hydrogen-bond donors (Lipinski definition) is 0. The number of hydrogen-bond acceptors (Lipinski definition) is 7. The highest BCUT2D eigenvalue weighted by molar-refractivity contribution is 7.81. The molecule has 6 nitrogen and oxygen atoms in total. The van der Waals surface area contributed by atoms with Gasteiger partial charge in [0.05, 0.1) is 35.3 Å². The van der Waals surface area contributed by atoms with Gasteiger partial charge in [-0.2, -0.15) is 0 Å². The highest BCUT2D eigenvalue weighted by Gasteiger charge is 2.32. The second kappa shape index (κ2) is 9.32. The molecule has 0 radical (unpaired) electrons. The maximum atomic E-state index is 13.5. The Bertz CT molecular complexity index is 1210. The Kier molecular flexibility index (Phi) is 6.27. The van der Waals surface area contributed by atoms with Crippen molar-refractivity contribution < 1.29 is 23.4 Å². The molecule has 2 aromatic carbocycles. The van der Waals surface area contributed by atoms with E-state index in [9.17, 15) is 9.18 Å². The van der Waals surface area contributed by atoms with Gasteiger partial charge < -0.3 is 19.1 Å². The van der Waals surface area contributed by atoms with E-state index in [-0.39, 0.29) is 23.9 Å². The molecule has 2 atom stereocenters. The maximum absolute atomic E-state index is 13.5. The number of thiocarbonyl (C=S) groups is 1. The summed E-state index contributed by atoms with van der Waals surface area (Å²) in [5.41, 5.74) is 1.72. The summed E-state index contributed by atoms with van der Waals surface area (Å²) < 4.78 is 31.3. The molecule has 5 rings (SSSR count). The summed E-state index contributed by atoms with van der Waals surface area (Å²) in [5, 5.41) is 0.651. The fraction of sp³-hybridized carbons (Fsp3) is 0.375. The van der Waals surface area contributed by atoms with Crippen LogP contribution in [-0.4, -0.2) is 53.8 Å². The van der Waals surface area contributed by atoms with E-state index in [4.69, 9.17) is 26.4 Å². The largest absolute Gasteiger partial charge is 0.493 e. The predicted molar refractivity (Wildman–Crippen MR) is 128 cm³/mol.